The number of aromatic hydroxyl groups is 1. The first kappa shape index (κ1) is 12.2. The Morgan fingerprint density at radius 2 is 2.28 bits per heavy atom. The number of rotatable bonds is 4. The van der Waals surface area contributed by atoms with Crippen molar-refractivity contribution in [3.8, 4) is 11.8 Å². The predicted molar refractivity (Wildman–Crippen MR) is 66.8 cm³/mol. The zero-order chi connectivity index (χ0) is 13.1. The number of hydrogen-bond donors (Lipinski definition) is 2. The fourth-order valence-corrected chi connectivity index (χ4v) is 1.90. The number of phenolic OH excluding ortho intramolecular Hbond substituents is 1. The molecular formula is C13H15N3O2. The molecule has 0 aliphatic heterocycles. The third kappa shape index (κ3) is 2.38. The molecule has 18 heavy (non-hydrogen) atoms. The van der Waals surface area contributed by atoms with Crippen LogP contribution >= 0.6 is 0 Å². The van der Waals surface area contributed by atoms with Crippen molar-refractivity contribution in [1.82, 2.24) is 4.90 Å². The molecule has 1 fully saturated rings. The Kier molecular flexibility index (Phi) is 3.38. The summed E-state index contributed by atoms with van der Waals surface area (Å²) in [5.41, 5.74) is 5.98. The SMILES string of the molecule is N#CCCN(C(=O)c1cccc(N)c1O)C1CC1. The van der Waals surface area contributed by atoms with Crippen LogP contribution in [0.2, 0.25) is 0 Å². The number of amides is 1. The largest absolute Gasteiger partial charge is 0.505 e. The van der Waals surface area contributed by atoms with Gasteiger partial charge in [0.2, 0.25) is 0 Å². The molecule has 0 heterocycles. The Hall–Kier alpha value is -2.22. The van der Waals surface area contributed by atoms with Crippen LogP contribution in [0.25, 0.3) is 0 Å². The van der Waals surface area contributed by atoms with Crippen LogP contribution < -0.4 is 5.73 Å². The van der Waals surface area contributed by atoms with Crippen molar-refractivity contribution in [2.24, 2.45) is 0 Å². The first-order valence-corrected chi connectivity index (χ1v) is 5.90. The van der Waals surface area contributed by atoms with Crippen molar-refractivity contribution in [2.75, 3.05) is 12.3 Å². The molecule has 1 aliphatic carbocycles. The van der Waals surface area contributed by atoms with Crippen molar-refractivity contribution >= 4 is 11.6 Å². The fraction of sp³-hybridized carbons (Fsp3) is 0.385. The van der Waals surface area contributed by atoms with Crippen LogP contribution in [0.4, 0.5) is 5.69 Å². The highest BCUT2D eigenvalue weighted by molar-refractivity contribution is 5.98. The van der Waals surface area contributed by atoms with Gasteiger partial charge in [0.15, 0.2) is 5.75 Å². The lowest BCUT2D eigenvalue weighted by molar-refractivity contribution is 0.0744. The number of benzene rings is 1. The molecule has 0 saturated heterocycles. The van der Waals surface area contributed by atoms with Crippen molar-refractivity contribution < 1.29 is 9.90 Å². The van der Waals surface area contributed by atoms with Gasteiger partial charge in [-0.3, -0.25) is 4.79 Å². The van der Waals surface area contributed by atoms with Crippen LogP contribution in [0.1, 0.15) is 29.6 Å². The highest BCUT2D eigenvalue weighted by atomic mass is 16.3. The summed E-state index contributed by atoms with van der Waals surface area (Å²) in [6.45, 7) is 0.397. The Balaban J connectivity index is 2.22. The van der Waals surface area contributed by atoms with E-state index in [0.717, 1.165) is 12.8 Å². The smallest absolute Gasteiger partial charge is 0.257 e. The van der Waals surface area contributed by atoms with E-state index >= 15 is 0 Å². The molecular weight excluding hydrogens is 230 g/mol. The summed E-state index contributed by atoms with van der Waals surface area (Å²) in [7, 11) is 0. The summed E-state index contributed by atoms with van der Waals surface area (Å²) < 4.78 is 0. The molecule has 0 atom stereocenters. The standard InChI is InChI=1S/C13H15N3O2/c14-7-2-8-16(9-5-6-9)13(18)10-3-1-4-11(15)12(10)17/h1,3-4,9,17H,2,5-6,8,15H2. The van der Waals surface area contributed by atoms with Crippen LogP contribution in [0.15, 0.2) is 18.2 Å². The average Bonchev–Trinajstić information content (AvgIpc) is 3.17. The number of nitriles is 1. The lowest BCUT2D eigenvalue weighted by Gasteiger charge is -2.21. The van der Waals surface area contributed by atoms with Crippen LogP contribution in [0, 0.1) is 11.3 Å². The van der Waals surface area contributed by atoms with Crippen molar-refractivity contribution in [3.05, 3.63) is 23.8 Å². The Labute approximate surface area is 105 Å². The van der Waals surface area contributed by atoms with Gasteiger partial charge in [0, 0.05) is 12.6 Å². The van der Waals surface area contributed by atoms with Gasteiger partial charge in [-0.1, -0.05) is 6.07 Å². The summed E-state index contributed by atoms with van der Waals surface area (Å²) in [4.78, 5) is 14.0. The molecule has 1 aromatic rings. The molecule has 0 spiro atoms. The average molecular weight is 245 g/mol. The molecule has 2 rings (SSSR count). The van der Waals surface area contributed by atoms with E-state index in [0.29, 0.717) is 13.0 Å². The molecule has 0 unspecified atom stereocenters. The second-order valence-corrected chi connectivity index (χ2v) is 4.38. The monoisotopic (exact) mass is 245 g/mol. The minimum Gasteiger partial charge on any atom is -0.505 e. The van der Waals surface area contributed by atoms with Gasteiger partial charge in [-0.15, -0.1) is 0 Å². The molecule has 3 N–H and O–H groups in total. The first-order chi connectivity index (χ1) is 8.65. The lowest BCUT2D eigenvalue weighted by atomic mass is 10.1. The lowest BCUT2D eigenvalue weighted by Crippen LogP contribution is -2.34. The second kappa shape index (κ2) is 4.96. The number of nitrogens with zero attached hydrogens (tertiary/aromatic N) is 2. The van der Waals surface area contributed by atoms with E-state index in [1.54, 1.807) is 23.1 Å². The van der Waals surface area contributed by atoms with Gasteiger partial charge in [-0.25, -0.2) is 0 Å². The third-order valence-electron chi connectivity index (χ3n) is 3.01. The molecule has 5 heteroatoms. The van der Waals surface area contributed by atoms with E-state index in [1.807, 2.05) is 6.07 Å². The number of carbonyl (C=O) groups excluding carboxylic acids is 1. The summed E-state index contributed by atoms with van der Waals surface area (Å²) >= 11 is 0. The van der Waals surface area contributed by atoms with E-state index in [-0.39, 0.29) is 28.9 Å². The molecule has 1 aliphatic rings. The summed E-state index contributed by atoms with van der Waals surface area (Å²) in [6, 6.07) is 6.97. The number of nitrogen functional groups attached to an aromatic ring is 1. The minimum absolute atomic E-state index is 0.176. The molecule has 1 aromatic carbocycles. The third-order valence-corrected chi connectivity index (χ3v) is 3.01. The topological polar surface area (TPSA) is 90.4 Å². The zero-order valence-electron chi connectivity index (χ0n) is 9.97. The number of phenols is 1. The van der Waals surface area contributed by atoms with Gasteiger partial charge >= 0.3 is 0 Å². The highest BCUT2D eigenvalue weighted by Crippen LogP contribution is 2.31. The number of carbonyl (C=O) groups is 1. The molecule has 94 valence electrons. The van der Waals surface area contributed by atoms with Gasteiger partial charge in [0.05, 0.1) is 23.7 Å². The summed E-state index contributed by atoms with van der Waals surface area (Å²) in [5.74, 6) is -0.428. The number of anilines is 1. The van der Waals surface area contributed by atoms with E-state index < -0.39 is 0 Å². The fourth-order valence-electron chi connectivity index (χ4n) is 1.90. The maximum absolute atomic E-state index is 12.3. The van der Waals surface area contributed by atoms with Gasteiger partial charge in [0.25, 0.3) is 5.91 Å². The van der Waals surface area contributed by atoms with E-state index in [9.17, 15) is 9.90 Å². The van der Waals surface area contributed by atoms with Crippen molar-refractivity contribution in [3.63, 3.8) is 0 Å². The quantitative estimate of drug-likeness (QED) is 0.621. The molecule has 0 bridgehead atoms. The molecule has 1 amide bonds. The normalized spacial score (nSPS) is 13.9. The number of nitrogens with two attached hydrogens (primary N) is 1. The van der Waals surface area contributed by atoms with Gasteiger partial charge < -0.3 is 15.7 Å². The molecule has 0 aromatic heterocycles. The van der Waals surface area contributed by atoms with Crippen LogP contribution in [0.5, 0.6) is 5.75 Å². The Bertz CT molecular complexity index is 503. The highest BCUT2D eigenvalue weighted by Gasteiger charge is 2.33. The van der Waals surface area contributed by atoms with Gasteiger partial charge in [-0.05, 0) is 25.0 Å². The van der Waals surface area contributed by atoms with E-state index in [1.165, 1.54) is 0 Å². The first-order valence-electron chi connectivity index (χ1n) is 5.90. The van der Waals surface area contributed by atoms with Gasteiger partial charge in [0.1, 0.15) is 0 Å². The molecule has 1 saturated carbocycles. The van der Waals surface area contributed by atoms with E-state index in [2.05, 4.69) is 0 Å². The van der Waals surface area contributed by atoms with Crippen LogP contribution in [0.3, 0.4) is 0 Å². The molecule has 0 radical (unpaired) electrons. The summed E-state index contributed by atoms with van der Waals surface area (Å²) in [6.07, 6.45) is 2.21. The maximum atomic E-state index is 12.3. The van der Waals surface area contributed by atoms with Crippen molar-refractivity contribution in [2.45, 2.75) is 25.3 Å². The van der Waals surface area contributed by atoms with Crippen LogP contribution in [-0.2, 0) is 0 Å². The Morgan fingerprint density at radius 3 is 2.89 bits per heavy atom. The zero-order valence-corrected chi connectivity index (χ0v) is 9.97. The van der Waals surface area contributed by atoms with Crippen molar-refractivity contribution in [1.29, 1.82) is 5.26 Å². The predicted octanol–water partition coefficient (Wildman–Crippen LogP) is 1.49. The number of hydrogen-bond acceptors (Lipinski definition) is 4. The van der Waals surface area contributed by atoms with Crippen LogP contribution in [-0.4, -0.2) is 28.5 Å². The Morgan fingerprint density at radius 1 is 1.56 bits per heavy atom. The molecule has 5 nitrogen and oxygen atoms in total. The van der Waals surface area contributed by atoms with E-state index in [4.69, 9.17) is 11.0 Å². The second-order valence-electron chi connectivity index (χ2n) is 4.38. The van der Waals surface area contributed by atoms with Gasteiger partial charge in [-0.2, -0.15) is 5.26 Å². The maximum Gasteiger partial charge on any atom is 0.257 e. The number of para-hydroxylation sites is 1. The summed E-state index contributed by atoms with van der Waals surface area (Å²) in [5, 5.41) is 18.4. The minimum atomic E-state index is -0.252.